The number of hydrogen-bond acceptors (Lipinski definition) is 3. The van der Waals surface area contributed by atoms with Gasteiger partial charge >= 0.3 is 0 Å². The van der Waals surface area contributed by atoms with Crippen molar-refractivity contribution in [1.82, 2.24) is 5.43 Å². The van der Waals surface area contributed by atoms with Gasteiger partial charge in [-0.15, -0.1) is 0 Å². The zero-order valence-corrected chi connectivity index (χ0v) is 12.5. The van der Waals surface area contributed by atoms with Gasteiger partial charge in [-0.05, 0) is 30.3 Å². The molecule has 0 aliphatic rings. The van der Waals surface area contributed by atoms with Crippen molar-refractivity contribution in [3.8, 4) is 5.75 Å². The minimum Gasteiger partial charge on any atom is -0.496 e. The fraction of sp³-hybridized carbons (Fsp3) is 0.143. The average molecular weight is 333 g/mol. The van der Waals surface area contributed by atoms with Gasteiger partial charge in [0, 0.05) is 16.1 Å². The molecule has 0 aromatic heterocycles. The molecule has 2 rings (SSSR count). The van der Waals surface area contributed by atoms with Crippen LogP contribution in [0.4, 0.5) is 8.78 Å². The van der Waals surface area contributed by atoms with Crippen molar-refractivity contribution in [2.75, 3.05) is 7.11 Å². The van der Waals surface area contributed by atoms with Gasteiger partial charge in [0.05, 0.1) is 18.2 Å². The molecule has 2 aromatic rings. The van der Waals surface area contributed by atoms with Crippen LogP contribution in [0.25, 0.3) is 0 Å². The lowest BCUT2D eigenvalue weighted by atomic mass is 9.97. The second-order valence-corrected chi connectivity index (χ2v) is 5.12. The summed E-state index contributed by atoms with van der Waals surface area (Å²) >= 11 is 11.5. The van der Waals surface area contributed by atoms with Crippen molar-refractivity contribution in [1.29, 1.82) is 0 Å². The molecular weight excluding hydrogens is 321 g/mol. The topological polar surface area (TPSA) is 47.3 Å². The molecule has 21 heavy (non-hydrogen) atoms. The summed E-state index contributed by atoms with van der Waals surface area (Å²) in [6.07, 6.45) is 0. The maximum absolute atomic E-state index is 14.1. The van der Waals surface area contributed by atoms with E-state index in [-0.39, 0.29) is 10.6 Å². The fourth-order valence-corrected chi connectivity index (χ4v) is 2.37. The normalized spacial score (nSPS) is 12.3. The van der Waals surface area contributed by atoms with E-state index in [2.05, 4.69) is 5.43 Å². The van der Waals surface area contributed by atoms with Crippen molar-refractivity contribution in [2.45, 2.75) is 6.04 Å². The molecule has 1 unspecified atom stereocenters. The van der Waals surface area contributed by atoms with Crippen molar-refractivity contribution in [3.05, 3.63) is 63.1 Å². The first-order chi connectivity index (χ1) is 9.97. The summed E-state index contributed by atoms with van der Waals surface area (Å²) in [6, 6.07) is 5.85. The van der Waals surface area contributed by atoms with Crippen LogP contribution < -0.4 is 16.0 Å². The Morgan fingerprint density at radius 2 is 1.81 bits per heavy atom. The molecule has 3 N–H and O–H groups in total. The highest BCUT2D eigenvalue weighted by Gasteiger charge is 2.22. The number of nitrogens with one attached hydrogen (secondary N) is 1. The predicted molar refractivity (Wildman–Crippen MR) is 78.5 cm³/mol. The molecule has 0 radical (unpaired) electrons. The van der Waals surface area contributed by atoms with Crippen LogP contribution in [-0.4, -0.2) is 7.11 Å². The van der Waals surface area contributed by atoms with Gasteiger partial charge in [0.15, 0.2) is 0 Å². The Morgan fingerprint density at radius 1 is 1.10 bits per heavy atom. The molecule has 1 atom stereocenters. The highest BCUT2D eigenvalue weighted by Crippen LogP contribution is 2.34. The smallest absolute Gasteiger partial charge is 0.142 e. The molecule has 112 valence electrons. The highest BCUT2D eigenvalue weighted by molar-refractivity contribution is 6.31. The van der Waals surface area contributed by atoms with Gasteiger partial charge in [0.2, 0.25) is 0 Å². The largest absolute Gasteiger partial charge is 0.496 e. The first-order valence-electron chi connectivity index (χ1n) is 5.92. The zero-order chi connectivity index (χ0) is 15.6. The predicted octanol–water partition coefficient (Wildman–Crippen LogP) is 3.83. The van der Waals surface area contributed by atoms with Gasteiger partial charge in [-0.2, -0.15) is 0 Å². The molecule has 0 heterocycles. The van der Waals surface area contributed by atoms with Crippen molar-refractivity contribution < 1.29 is 13.5 Å². The molecule has 0 spiro atoms. The third-order valence-corrected chi connectivity index (χ3v) is 3.54. The lowest BCUT2D eigenvalue weighted by Crippen LogP contribution is -2.30. The maximum atomic E-state index is 14.1. The summed E-state index contributed by atoms with van der Waals surface area (Å²) in [4.78, 5) is 0. The molecule has 0 saturated heterocycles. The molecule has 3 nitrogen and oxygen atoms in total. The minimum absolute atomic E-state index is 0.0000309. The number of hydrogen-bond donors (Lipinski definition) is 2. The second kappa shape index (κ2) is 6.58. The van der Waals surface area contributed by atoms with Gasteiger partial charge in [0.25, 0.3) is 0 Å². The van der Waals surface area contributed by atoms with Crippen LogP contribution in [0.5, 0.6) is 5.75 Å². The Labute approximate surface area is 130 Å². The molecule has 7 heteroatoms. The second-order valence-electron chi connectivity index (χ2n) is 4.27. The van der Waals surface area contributed by atoms with Gasteiger partial charge in [-0.3, -0.25) is 5.84 Å². The molecule has 0 fully saturated rings. The van der Waals surface area contributed by atoms with E-state index in [4.69, 9.17) is 33.8 Å². The van der Waals surface area contributed by atoms with Crippen molar-refractivity contribution in [2.24, 2.45) is 5.84 Å². The van der Waals surface area contributed by atoms with E-state index >= 15 is 0 Å². The van der Waals surface area contributed by atoms with Gasteiger partial charge in [0.1, 0.15) is 17.4 Å². The molecular formula is C14H12Cl2F2N2O. The van der Waals surface area contributed by atoms with Crippen LogP contribution in [0.3, 0.4) is 0 Å². The quantitative estimate of drug-likeness (QED) is 0.508. The lowest BCUT2D eigenvalue weighted by molar-refractivity contribution is 0.403. The Hall–Kier alpha value is -1.40. The number of nitrogens with two attached hydrogens (primary N) is 1. The van der Waals surface area contributed by atoms with E-state index in [0.29, 0.717) is 16.3 Å². The summed E-state index contributed by atoms with van der Waals surface area (Å²) in [5, 5.41) is 0.117. The standard InChI is InChI=1S/C14H12Cl2F2N2O/c1-21-13-3-2-7(15)4-9(13)14(20-19)8-5-12(18)10(16)6-11(8)17/h2-6,14,20H,19H2,1H3. The molecule has 0 saturated carbocycles. The summed E-state index contributed by atoms with van der Waals surface area (Å²) in [5.74, 6) is 4.51. The number of rotatable bonds is 4. The first-order valence-corrected chi connectivity index (χ1v) is 6.67. The maximum Gasteiger partial charge on any atom is 0.142 e. The monoisotopic (exact) mass is 332 g/mol. The van der Waals surface area contributed by atoms with Gasteiger partial charge in [-0.25, -0.2) is 14.2 Å². The first kappa shape index (κ1) is 16.0. The van der Waals surface area contributed by atoms with Crippen LogP contribution in [0.1, 0.15) is 17.2 Å². The van der Waals surface area contributed by atoms with E-state index in [1.165, 1.54) is 7.11 Å². The molecule has 2 aromatic carbocycles. The fourth-order valence-electron chi connectivity index (χ4n) is 2.04. The summed E-state index contributed by atoms with van der Waals surface area (Å²) in [6.45, 7) is 0. The highest BCUT2D eigenvalue weighted by atomic mass is 35.5. The van der Waals surface area contributed by atoms with E-state index in [1.54, 1.807) is 18.2 Å². The lowest BCUT2D eigenvalue weighted by Gasteiger charge is -2.20. The van der Waals surface area contributed by atoms with E-state index in [0.717, 1.165) is 12.1 Å². The van der Waals surface area contributed by atoms with Crippen molar-refractivity contribution >= 4 is 23.2 Å². The van der Waals surface area contributed by atoms with E-state index < -0.39 is 17.7 Å². The van der Waals surface area contributed by atoms with Gasteiger partial charge < -0.3 is 4.74 Å². The van der Waals surface area contributed by atoms with E-state index in [9.17, 15) is 8.78 Å². The Morgan fingerprint density at radius 3 is 2.43 bits per heavy atom. The van der Waals surface area contributed by atoms with Crippen LogP contribution in [0.15, 0.2) is 30.3 Å². The number of hydrazine groups is 1. The summed E-state index contributed by atoms with van der Waals surface area (Å²) in [7, 11) is 1.46. The number of methoxy groups -OCH3 is 1. The molecule has 0 bridgehead atoms. The SMILES string of the molecule is COc1ccc(Cl)cc1C(NN)c1cc(F)c(Cl)cc1F. The Kier molecular flexibility index (Phi) is 5.00. The number of ether oxygens (including phenoxy) is 1. The van der Waals surface area contributed by atoms with Crippen LogP contribution >= 0.6 is 23.2 Å². The van der Waals surface area contributed by atoms with Crippen molar-refractivity contribution in [3.63, 3.8) is 0 Å². The minimum atomic E-state index is -0.842. The Bertz CT molecular complexity index is 668. The molecule has 0 aliphatic carbocycles. The number of benzene rings is 2. The van der Waals surface area contributed by atoms with Gasteiger partial charge in [-0.1, -0.05) is 23.2 Å². The third-order valence-electron chi connectivity index (χ3n) is 3.02. The summed E-state index contributed by atoms with van der Waals surface area (Å²) < 4.78 is 32.9. The number of halogens is 4. The Balaban J connectivity index is 2.59. The third kappa shape index (κ3) is 3.27. The average Bonchev–Trinajstić information content (AvgIpc) is 2.45. The van der Waals surface area contributed by atoms with Crippen LogP contribution in [0, 0.1) is 11.6 Å². The van der Waals surface area contributed by atoms with Crippen LogP contribution in [0.2, 0.25) is 10.0 Å². The van der Waals surface area contributed by atoms with E-state index in [1.807, 2.05) is 0 Å². The zero-order valence-electron chi connectivity index (χ0n) is 11.0. The van der Waals surface area contributed by atoms with Crippen LogP contribution in [-0.2, 0) is 0 Å². The molecule has 0 aliphatic heterocycles. The summed E-state index contributed by atoms with van der Waals surface area (Å²) in [5.41, 5.74) is 2.92. The molecule has 0 amide bonds.